The summed E-state index contributed by atoms with van der Waals surface area (Å²) in [5.41, 5.74) is 5.75. The third-order valence-electron chi connectivity index (χ3n) is 7.15. The summed E-state index contributed by atoms with van der Waals surface area (Å²) in [6, 6.07) is 35.2. The maximum atomic E-state index is 8.60. The molecule has 38 heavy (non-hydrogen) atoms. The third-order valence-corrected chi connectivity index (χ3v) is 7.15. The average molecular weight is 494 g/mol. The molecule has 5 aromatic carbocycles. The molecule has 0 aliphatic carbocycles. The van der Waals surface area contributed by atoms with Crippen LogP contribution >= 0.6 is 0 Å². The van der Waals surface area contributed by atoms with Crippen molar-refractivity contribution in [2.24, 2.45) is 5.41 Å². The van der Waals surface area contributed by atoms with E-state index in [-0.39, 0.29) is 0 Å². The lowest BCUT2D eigenvalue weighted by atomic mass is 9.87. The minimum Gasteiger partial charge on any atom is -0.455 e. The minimum absolute atomic E-state index is 0.499. The number of hydrogen-bond donors (Lipinski definition) is 0. The molecule has 0 radical (unpaired) electrons. The van der Waals surface area contributed by atoms with Crippen LogP contribution in [0, 0.1) is 5.41 Å². The molecule has 0 fully saturated rings. The van der Waals surface area contributed by atoms with Crippen LogP contribution in [0.25, 0.3) is 65.9 Å². The number of hydrogen-bond acceptors (Lipinski definition) is 2. The summed E-state index contributed by atoms with van der Waals surface area (Å²) in [4.78, 5) is 4.74. The first-order valence-corrected chi connectivity index (χ1v) is 13.1. The highest BCUT2D eigenvalue weighted by atomic mass is 16.3. The van der Waals surface area contributed by atoms with Crippen LogP contribution in [0.4, 0.5) is 0 Å². The first-order chi connectivity index (χ1) is 19.2. The number of aromatic nitrogens is 1. The van der Waals surface area contributed by atoms with Gasteiger partial charge in [0.2, 0.25) is 0 Å². The molecule has 2 heteroatoms. The third kappa shape index (κ3) is 3.85. The van der Waals surface area contributed by atoms with E-state index in [1.54, 1.807) is 0 Å². The molecule has 0 aliphatic rings. The zero-order valence-corrected chi connectivity index (χ0v) is 21.7. The zero-order valence-electron chi connectivity index (χ0n) is 23.7. The number of pyridine rings is 1. The van der Waals surface area contributed by atoms with E-state index in [9.17, 15) is 0 Å². The van der Waals surface area contributed by atoms with Gasteiger partial charge in [0.1, 0.15) is 11.2 Å². The molecule has 184 valence electrons. The van der Waals surface area contributed by atoms with Crippen molar-refractivity contribution in [3.63, 3.8) is 0 Å². The van der Waals surface area contributed by atoms with E-state index in [0.717, 1.165) is 55.1 Å². The molecular weight excluding hydrogens is 462 g/mol. The summed E-state index contributed by atoms with van der Waals surface area (Å²) in [7, 11) is 0. The van der Waals surface area contributed by atoms with Gasteiger partial charge >= 0.3 is 0 Å². The first-order valence-electron chi connectivity index (χ1n) is 14.1. The second-order valence-electron chi connectivity index (χ2n) is 11.0. The molecule has 0 amide bonds. The summed E-state index contributed by atoms with van der Waals surface area (Å²) in [5, 5.41) is 6.84. The van der Waals surface area contributed by atoms with Crippen molar-refractivity contribution < 1.29 is 7.16 Å². The molecule has 0 bridgehead atoms. The number of furan rings is 1. The molecule has 0 saturated carbocycles. The largest absolute Gasteiger partial charge is 0.455 e. The molecule has 0 atom stereocenters. The maximum Gasteiger partial charge on any atom is 0.144 e. The number of para-hydroxylation sites is 1. The van der Waals surface area contributed by atoms with Crippen molar-refractivity contribution in [1.82, 2.24) is 4.98 Å². The molecule has 0 saturated heterocycles. The van der Waals surface area contributed by atoms with Crippen molar-refractivity contribution in [1.29, 1.82) is 0 Å². The molecule has 2 heterocycles. The highest BCUT2D eigenvalue weighted by Crippen LogP contribution is 2.40. The Morgan fingerprint density at radius 1 is 0.684 bits per heavy atom. The van der Waals surface area contributed by atoms with Gasteiger partial charge in [0, 0.05) is 30.7 Å². The van der Waals surface area contributed by atoms with Crippen LogP contribution < -0.4 is 0 Å². The van der Waals surface area contributed by atoms with Gasteiger partial charge in [-0.3, -0.25) is 4.98 Å². The summed E-state index contributed by atoms with van der Waals surface area (Å²) in [5.74, 6) is 0. The quantitative estimate of drug-likeness (QED) is 0.229. The lowest BCUT2D eigenvalue weighted by molar-refractivity contribution is 0.411. The molecule has 7 rings (SSSR count). The van der Waals surface area contributed by atoms with E-state index >= 15 is 0 Å². The van der Waals surface area contributed by atoms with Crippen molar-refractivity contribution in [2.75, 3.05) is 0 Å². The zero-order chi connectivity index (χ0) is 27.6. The molecule has 0 N–H and O–H groups in total. The van der Waals surface area contributed by atoms with Gasteiger partial charge in [-0.1, -0.05) is 99.6 Å². The van der Waals surface area contributed by atoms with Gasteiger partial charge in [0.15, 0.2) is 0 Å². The number of nitrogens with zero attached hydrogens (tertiary/aromatic N) is 1. The fourth-order valence-corrected chi connectivity index (χ4v) is 5.48. The Bertz CT molecular complexity index is 2060. The number of benzene rings is 5. The van der Waals surface area contributed by atoms with Gasteiger partial charge in [-0.25, -0.2) is 0 Å². The fraction of sp³-hybridized carbons (Fsp3) is 0.139. The SMILES string of the molecule is [2H]C([2H])(c1ccc(-c2ccnc(-c3cccc4c3oc3c4ccc4ccc5ccccc5c43)c2)cc1)C(C)(C)C. The van der Waals surface area contributed by atoms with Crippen LogP contribution in [0.3, 0.4) is 0 Å². The van der Waals surface area contributed by atoms with Gasteiger partial charge in [-0.15, -0.1) is 0 Å². The lowest BCUT2D eigenvalue weighted by Crippen LogP contribution is -2.08. The fourth-order valence-electron chi connectivity index (χ4n) is 5.48. The van der Waals surface area contributed by atoms with Gasteiger partial charge in [-0.2, -0.15) is 0 Å². The van der Waals surface area contributed by atoms with Crippen LogP contribution in [0.5, 0.6) is 0 Å². The van der Waals surface area contributed by atoms with Crippen LogP contribution in [-0.2, 0) is 6.37 Å². The van der Waals surface area contributed by atoms with Crippen molar-refractivity contribution in [3.05, 3.63) is 115 Å². The topological polar surface area (TPSA) is 26.0 Å². The highest BCUT2D eigenvalue weighted by Gasteiger charge is 2.17. The molecule has 2 aromatic heterocycles. The van der Waals surface area contributed by atoms with Crippen molar-refractivity contribution in [3.8, 4) is 22.4 Å². The van der Waals surface area contributed by atoms with Gasteiger partial charge in [0.25, 0.3) is 0 Å². The van der Waals surface area contributed by atoms with Gasteiger partial charge in [0.05, 0.1) is 5.69 Å². The summed E-state index contributed by atoms with van der Waals surface area (Å²) in [6.45, 7) is 5.79. The minimum atomic E-state index is -1.43. The molecule has 0 aliphatic heterocycles. The van der Waals surface area contributed by atoms with E-state index in [1.807, 2.05) is 57.3 Å². The van der Waals surface area contributed by atoms with Crippen LogP contribution in [0.1, 0.15) is 29.1 Å². The number of fused-ring (bicyclic) bond motifs is 7. The van der Waals surface area contributed by atoms with E-state index in [4.69, 9.17) is 12.1 Å². The van der Waals surface area contributed by atoms with E-state index in [0.29, 0.717) is 5.56 Å². The molecule has 0 spiro atoms. The Morgan fingerprint density at radius 2 is 1.42 bits per heavy atom. The van der Waals surface area contributed by atoms with E-state index in [1.165, 1.54) is 10.8 Å². The predicted molar refractivity (Wildman–Crippen MR) is 161 cm³/mol. The average Bonchev–Trinajstić information content (AvgIpc) is 3.35. The Morgan fingerprint density at radius 3 is 2.26 bits per heavy atom. The summed E-state index contributed by atoms with van der Waals surface area (Å²) >= 11 is 0. The smallest absolute Gasteiger partial charge is 0.144 e. The maximum absolute atomic E-state index is 8.60. The Kier molecular flexibility index (Phi) is 4.64. The normalized spacial score (nSPS) is 13.3. The van der Waals surface area contributed by atoms with Crippen LogP contribution in [0.15, 0.2) is 114 Å². The van der Waals surface area contributed by atoms with Crippen LogP contribution in [-0.4, -0.2) is 4.98 Å². The van der Waals surface area contributed by atoms with Gasteiger partial charge in [-0.05, 0) is 68.9 Å². The first kappa shape index (κ1) is 20.6. The second kappa shape index (κ2) is 8.56. The predicted octanol–water partition coefficient (Wildman–Crippen LogP) is 10.2. The molecule has 2 nitrogen and oxygen atoms in total. The van der Waals surface area contributed by atoms with Crippen molar-refractivity contribution in [2.45, 2.75) is 27.1 Å². The van der Waals surface area contributed by atoms with Crippen molar-refractivity contribution >= 4 is 43.5 Å². The second-order valence-corrected chi connectivity index (χ2v) is 11.0. The van der Waals surface area contributed by atoms with Crippen LogP contribution in [0.2, 0.25) is 0 Å². The standard InChI is InChI=1S/C36H29NO/c1-36(2,3)22-23-11-13-24(14-12-23)27-19-20-37-32(21-27)31-10-6-9-29-30-18-17-26-16-15-25-7-4-5-8-28(25)33(26)35(30)38-34(29)31/h4-21H,22H2,1-3H3/i22D2. The van der Waals surface area contributed by atoms with E-state index in [2.05, 4.69) is 72.8 Å². The Labute approximate surface area is 225 Å². The number of rotatable bonds is 3. The van der Waals surface area contributed by atoms with E-state index < -0.39 is 11.8 Å². The summed E-state index contributed by atoms with van der Waals surface area (Å²) < 4.78 is 23.9. The highest BCUT2D eigenvalue weighted by molar-refractivity contribution is 6.23. The summed E-state index contributed by atoms with van der Waals surface area (Å²) in [6.07, 6.45) is 0.402. The Hall–Kier alpha value is -4.43. The molecular formula is C36H29NO. The Balaban J connectivity index is 1.37. The monoisotopic (exact) mass is 493 g/mol. The molecule has 0 unspecified atom stereocenters. The van der Waals surface area contributed by atoms with Gasteiger partial charge < -0.3 is 4.42 Å². The molecule has 7 aromatic rings. The lowest BCUT2D eigenvalue weighted by Gasteiger charge is -2.18.